The summed E-state index contributed by atoms with van der Waals surface area (Å²) < 4.78 is 0. The van der Waals surface area contributed by atoms with Gasteiger partial charge in [-0.3, -0.25) is 4.79 Å². The number of aryl methyl sites for hydroxylation is 1. The molecule has 0 unspecified atom stereocenters. The van der Waals surface area contributed by atoms with Crippen molar-refractivity contribution < 1.29 is 4.79 Å². The number of rotatable bonds is 2. The lowest BCUT2D eigenvalue weighted by Crippen LogP contribution is -2.18. The van der Waals surface area contributed by atoms with Gasteiger partial charge >= 0.3 is 0 Å². The van der Waals surface area contributed by atoms with Crippen LogP contribution in [0.25, 0.3) is 0 Å². The Morgan fingerprint density at radius 3 is 2.40 bits per heavy atom. The van der Waals surface area contributed by atoms with Crippen molar-refractivity contribution in [3.63, 3.8) is 0 Å². The van der Waals surface area contributed by atoms with Gasteiger partial charge in [0.05, 0.1) is 0 Å². The van der Waals surface area contributed by atoms with Crippen molar-refractivity contribution in [2.24, 2.45) is 5.92 Å². The summed E-state index contributed by atoms with van der Waals surface area (Å²) in [5, 5.41) is 2.73. The number of anilines is 1. The number of nitrogens with zero attached hydrogens (tertiary/aromatic N) is 1. The first-order chi connectivity index (χ1) is 7.09. The third-order valence-corrected chi connectivity index (χ3v) is 1.66. The Bertz CT molecular complexity index is 308. The number of hydrogen-bond acceptors (Lipinski definition) is 2. The first kappa shape index (κ1) is 13.6. The van der Waals surface area contributed by atoms with Gasteiger partial charge in [0.2, 0.25) is 5.91 Å². The Morgan fingerprint density at radius 2 is 1.93 bits per heavy atom. The minimum atomic E-state index is -0.0117. The predicted molar refractivity (Wildman–Crippen MR) is 63.8 cm³/mol. The summed E-state index contributed by atoms with van der Waals surface area (Å²) in [6.07, 6.45) is 0. The molecule has 0 aliphatic heterocycles. The largest absolute Gasteiger partial charge is 0.310 e. The zero-order valence-corrected chi connectivity index (χ0v) is 10.2. The molecule has 0 aromatic carbocycles. The number of carbonyl (C=O) groups excluding carboxylic acids is 1. The Labute approximate surface area is 91.9 Å². The molecule has 0 aliphatic carbocycles. The minimum absolute atomic E-state index is 0.00176. The van der Waals surface area contributed by atoms with E-state index in [1.165, 1.54) is 0 Å². The highest BCUT2D eigenvalue weighted by Crippen LogP contribution is 2.05. The summed E-state index contributed by atoms with van der Waals surface area (Å²) in [5.41, 5.74) is 0.904. The molecule has 1 rings (SSSR count). The molecule has 0 saturated carbocycles. The van der Waals surface area contributed by atoms with Crippen LogP contribution in [0.1, 0.15) is 33.4 Å². The predicted octanol–water partition coefficient (Wildman–Crippen LogP) is 3.01. The van der Waals surface area contributed by atoms with Crippen molar-refractivity contribution >= 4 is 11.7 Å². The summed E-state index contributed by atoms with van der Waals surface area (Å²) >= 11 is 0. The smallest absolute Gasteiger partial charge is 0.228 e. The SMILES string of the molecule is CC.Cc1cccc(NC(=O)C(C)C)n1. The summed E-state index contributed by atoms with van der Waals surface area (Å²) in [6.45, 7) is 9.60. The summed E-state index contributed by atoms with van der Waals surface area (Å²) in [5.74, 6) is 0.610. The molecule has 1 aromatic heterocycles. The molecule has 1 aromatic rings. The molecule has 0 radical (unpaired) electrons. The molecule has 0 atom stereocenters. The van der Waals surface area contributed by atoms with Gasteiger partial charge in [0, 0.05) is 11.6 Å². The molecule has 15 heavy (non-hydrogen) atoms. The minimum Gasteiger partial charge on any atom is -0.310 e. The number of pyridine rings is 1. The van der Waals surface area contributed by atoms with E-state index >= 15 is 0 Å². The van der Waals surface area contributed by atoms with Crippen LogP contribution in [-0.2, 0) is 4.79 Å². The molecule has 3 nitrogen and oxygen atoms in total. The molecular weight excluding hydrogens is 188 g/mol. The molecule has 0 bridgehead atoms. The quantitative estimate of drug-likeness (QED) is 0.811. The Kier molecular flexibility index (Phi) is 6.34. The van der Waals surface area contributed by atoms with E-state index in [4.69, 9.17) is 0 Å². The highest BCUT2D eigenvalue weighted by molar-refractivity contribution is 5.91. The summed E-state index contributed by atoms with van der Waals surface area (Å²) in [6, 6.07) is 5.55. The molecule has 1 amide bonds. The first-order valence-corrected chi connectivity index (χ1v) is 5.34. The molecule has 1 N–H and O–H groups in total. The molecule has 0 saturated heterocycles. The average molecular weight is 208 g/mol. The van der Waals surface area contributed by atoms with Gasteiger partial charge in [-0.25, -0.2) is 4.98 Å². The van der Waals surface area contributed by atoms with Crippen LogP contribution in [0.5, 0.6) is 0 Å². The maximum Gasteiger partial charge on any atom is 0.228 e. The molecule has 3 heteroatoms. The van der Waals surface area contributed by atoms with Gasteiger partial charge in [-0.05, 0) is 19.1 Å². The van der Waals surface area contributed by atoms with Crippen LogP contribution >= 0.6 is 0 Å². The molecule has 0 spiro atoms. The monoisotopic (exact) mass is 208 g/mol. The standard InChI is InChI=1S/C10H14N2O.C2H6/c1-7(2)10(13)12-9-6-4-5-8(3)11-9;1-2/h4-7H,1-3H3,(H,11,12,13);1-2H3. The zero-order valence-electron chi connectivity index (χ0n) is 10.2. The fraction of sp³-hybridized carbons (Fsp3) is 0.500. The van der Waals surface area contributed by atoms with E-state index in [1.54, 1.807) is 6.07 Å². The molecular formula is C12H20N2O. The highest BCUT2D eigenvalue weighted by atomic mass is 16.1. The lowest BCUT2D eigenvalue weighted by atomic mass is 10.2. The van der Waals surface area contributed by atoms with Crippen molar-refractivity contribution in [1.29, 1.82) is 0 Å². The number of carbonyl (C=O) groups is 1. The van der Waals surface area contributed by atoms with Gasteiger partial charge in [0.15, 0.2) is 0 Å². The van der Waals surface area contributed by atoms with E-state index in [9.17, 15) is 4.79 Å². The zero-order chi connectivity index (χ0) is 11.8. The number of amides is 1. The molecule has 1 heterocycles. The lowest BCUT2D eigenvalue weighted by molar-refractivity contribution is -0.118. The fourth-order valence-electron chi connectivity index (χ4n) is 0.883. The van der Waals surface area contributed by atoms with Crippen molar-refractivity contribution in [3.8, 4) is 0 Å². The van der Waals surface area contributed by atoms with Crippen LogP contribution in [0.3, 0.4) is 0 Å². The van der Waals surface area contributed by atoms with Crippen molar-refractivity contribution in [2.75, 3.05) is 5.32 Å². The molecule has 84 valence electrons. The van der Waals surface area contributed by atoms with Crippen LogP contribution in [0.2, 0.25) is 0 Å². The van der Waals surface area contributed by atoms with Gasteiger partial charge in [-0.15, -0.1) is 0 Å². The van der Waals surface area contributed by atoms with E-state index in [2.05, 4.69) is 10.3 Å². The molecule has 0 aliphatic rings. The number of aromatic nitrogens is 1. The Hall–Kier alpha value is -1.38. The van der Waals surface area contributed by atoms with Gasteiger partial charge in [0.1, 0.15) is 5.82 Å². The second-order valence-corrected chi connectivity index (χ2v) is 3.31. The lowest BCUT2D eigenvalue weighted by Gasteiger charge is -2.06. The van der Waals surface area contributed by atoms with Crippen LogP contribution in [0.15, 0.2) is 18.2 Å². The van der Waals surface area contributed by atoms with Crippen LogP contribution in [0, 0.1) is 12.8 Å². The van der Waals surface area contributed by atoms with Gasteiger partial charge in [0.25, 0.3) is 0 Å². The van der Waals surface area contributed by atoms with Crippen LogP contribution in [0.4, 0.5) is 5.82 Å². The fourth-order valence-corrected chi connectivity index (χ4v) is 0.883. The first-order valence-electron chi connectivity index (χ1n) is 5.34. The molecule has 0 fully saturated rings. The number of hydrogen-bond donors (Lipinski definition) is 1. The number of nitrogens with one attached hydrogen (secondary N) is 1. The van der Waals surface area contributed by atoms with Gasteiger partial charge in [-0.2, -0.15) is 0 Å². The van der Waals surface area contributed by atoms with Crippen LogP contribution in [-0.4, -0.2) is 10.9 Å². The van der Waals surface area contributed by atoms with E-state index in [-0.39, 0.29) is 11.8 Å². The normalized spacial score (nSPS) is 9.20. The van der Waals surface area contributed by atoms with E-state index in [1.807, 2.05) is 46.8 Å². The van der Waals surface area contributed by atoms with Gasteiger partial charge in [-0.1, -0.05) is 33.8 Å². The highest BCUT2D eigenvalue weighted by Gasteiger charge is 2.06. The van der Waals surface area contributed by atoms with Crippen molar-refractivity contribution in [3.05, 3.63) is 23.9 Å². The van der Waals surface area contributed by atoms with E-state index in [0.29, 0.717) is 5.82 Å². The Morgan fingerprint density at radius 1 is 1.33 bits per heavy atom. The summed E-state index contributed by atoms with van der Waals surface area (Å²) in [7, 11) is 0. The third-order valence-electron chi connectivity index (χ3n) is 1.66. The Balaban J connectivity index is 0.000000921. The summed E-state index contributed by atoms with van der Waals surface area (Å²) in [4.78, 5) is 15.4. The van der Waals surface area contributed by atoms with E-state index < -0.39 is 0 Å². The second-order valence-electron chi connectivity index (χ2n) is 3.31. The maximum atomic E-state index is 11.3. The van der Waals surface area contributed by atoms with Crippen molar-refractivity contribution in [1.82, 2.24) is 4.98 Å². The topological polar surface area (TPSA) is 42.0 Å². The van der Waals surface area contributed by atoms with Crippen LogP contribution < -0.4 is 5.32 Å². The second kappa shape index (κ2) is 6.98. The average Bonchev–Trinajstić information content (AvgIpc) is 2.20. The van der Waals surface area contributed by atoms with E-state index in [0.717, 1.165) is 5.69 Å². The third kappa shape index (κ3) is 5.15. The van der Waals surface area contributed by atoms with Crippen molar-refractivity contribution in [2.45, 2.75) is 34.6 Å². The maximum absolute atomic E-state index is 11.3. The van der Waals surface area contributed by atoms with Gasteiger partial charge < -0.3 is 5.32 Å².